The van der Waals surface area contributed by atoms with Gasteiger partial charge in [0.15, 0.2) is 17.2 Å². The quantitative estimate of drug-likeness (QED) is 0.258. The number of carbonyl (C=O) groups is 1. The first-order valence-electron chi connectivity index (χ1n) is 13.0. The molecule has 9 nitrogen and oxygen atoms in total. The molecule has 1 amide bonds. The highest BCUT2D eigenvalue weighted by molar-refractivity contribution is 5.99. The van der Waals surface area contributed by atoms with Crippen LogP contribution >= 0.6 is 0 Å². The summed E-state index contributed by atoms with van der Waals surface area (Å²) in [7, 11) is 0. The number of halogens is 2. The number of nitrogens with zero attached hydrogens (tertiary/aromatic N) is 6. The van der Waals surface area contributed by atoms with Gasteiger partial charge in [0.05, 0.1) is 18.0 Å². The Hall–Kier alpha value is -4.85. The van der Waals surface area contributed by atoms with E-state index in [-0.39, 0.29) is 29.1 Å². The molecule has 40 heavy (non-hydrogen) atoms. The van der Waals surface area contributed by atoms with Gasteiger partial charge in [-0.05, 0) is 68.0 Å². The van der Waals surface area contributed by atoms with Crippen molar-refractivity contribution in [2.75, 3.05) is 12.3 Å². The van der Waals surface area contributed by atoms with E-state index in [0.717, 1.165) is 43.9 Å². The van der Waals surface area contributed by atoms with E-state index in [4.69, 9.17) is 15.6 Å². The number of nitrogen functional groups attached to an aromatic ring is 1. The molecule has 2 fully saturated rings. The van der Waals surface area contributed by atoms with Crippen molar-refractivity contribution in [1.29, 1.82) is 5.26 Å². The number of aromatic nitrogens is 4. The van der Waals surface area contributed by atoms with Crippen LogP contribution in [0.2, 0.25) is 0 Å². The van der Waals surface area contributed by atoms with Crippen LogP contribution in [0, 0.1) is 28.9 Å². The molecule has 6 rings (SSSR count). The minimum Gasteiger partial charge on any atom is -0.454 e. The second-order valence-corrected chi connectivity index (χ2v) is 10.0. The lowest BCUT2D eigenvalue weighted by molar-refractivity contribution is -0.127. The fraction of sp³-hybridized carbons (Fsp3) is 0.276. The summed E-state index contributed by atoms with van der Waals surface area (Å²) >= 11 is 0. The van der Waals surface area contributed by atoms with E-state index in [1.807, 2.05) is 0 Å². The number of benzene rings is 2. The minimum atomic E-state index is -0.676. The Balaban J connectivity index is 1.28. The van der Waals surface area contributed by atoms with Crippen LogP contribution in [-0.2, 0) is 11.3 Å². The Kier molecular flexibility index (Phi) is 6.59. The number of rotatable bonds is 7. The largest absolute Gasteiger partial charge is 0.454 e. The summed E-state index contributed by atoms with van der Waals surface area (Å²) in [5, 5.41) is 15.0. The highest BCUT2D eigenvalue weighted by Gasteiger charge is 2.33. The molecule has 1 aliphatic carbocycles. The van der Waals surface area contributed by atoms with Gasteiger partial charge >= 0.3 is 0 Å². The number of nitriles is 1. The molecule has 2 aromatic heterocycles. The molecule has 0 radical (unpaired) electrons. The van der Waals surface area contributed by atoms with Crippen molar-refractivity contribution in [2.24, 2.45) is 5.92 Å². The van der Waals surface area contributed by atoms with Crippen LogP contribution in [0.25, 0.3) is 22.3 Å². The third-order valence-corrected chi connectivity index (χ3v) is 7.20. The van der Waals surface area contributed by atoms with Gasteiger partial charge in [-0.25, -0.2) is 23.4 Å². The van der Waals surface area contributed by atoms with Crippen molar-refractivity contribution in [2.45, 2.75) is 38.3 Å². The first-order valence-corrected chi connectivity index (χ1v) is 13.0. The molecule has 2 aromatic carbocycles. The molecule has 1 saturated carbocycles. The molecule has 4 aromatic rings. The van der Waals surface area contributed by atoms with Crippen molar-refractivity contribution in [3.05, 3.63) is 72.1 Å². The standard InChI is InChI=1S/C29H25F2N7O2/c30-20-7-10-23(31)24(13-20)40-22-8-5-18(6-9-22)26-25-27(33)34-16-35-28(25)38(36-26)15-21-2-1-11-37(21)29(39)19(14-32)12-17-3-4-17/h5-10,12-13,16-17,21H,1-4,11,15H2,(H2,33,34,35)/b19-12+/t21-/m0/s1. The number of hydrogen-bond donors (Lipinski definition) is 1. The van der Waals surface area contributed by atoms with Crippen LogP contribution < -0.4 is 10.5 Å². The predicted molar refractivity (Wildman–Crippen MR) is 143 cm³/mol. The molecule has 2 aliphatic rings. The number of anilines is 1. The maximum absolute atomic E-state index is 14.0. The number of nitrogens with two attached hydrogens (primary N) is 1. The van der Waals surface area contributed by atoms with Gasteiger partial charge in [0.25, 0.3) is 5.91 Å². The van der Waals surface area contributed by atoms with E-state index in [0.29, 0.717) is 47.0 Å². The molecule has 1 atom stereocenters. The smallest absolute Gasteiger partial charge is 0.264 e. The van der Waals surface area contributed by atoms with Crippen LogP contribution in [0.3, 0.4) is 0 Å². The van der Waals surface area contributed by atoms with Crippen molar-refractivity contribution >= 4 is 22.8 Å². The summed E-state index contributed by atoms with van der Waals surface area (Å²) in [6.07, 6.45) is 6.79. The van der Waals surface area contributed by atoms with Gasteiger partial charge in [0, 0.05) is 18.2 Å². The lowest BCUT2D eigenvalue weighted by Crippen LogP contribution is -2.39. The van der Waals surface area contributed by atoms with Crippen LogP contribution in [0.1, 0.15) is 25.7 Å². The van der Waals surface area contributed by atoms with E-state index in [1.165, 1.54) is 6.33 Å². The Bertz CT molecular complexity index is 1670. The van der Waals surface area contributed by atoms with Crippen LogP contribution in [-0.4, -0.2) is 43.1 Å². The van der Waals surface area contributed by atoms with Gasteiger partial charge in [-0.1, -0.05) is 6.08 Å². The predicted octanol–water partition coefficient (Wildman–Crippen LogP) is 5.00. The number of fused-ring (bicyclic) bond motifs is 1. The molecule has 2 N–H and O–H groups in total. The average Bonchev–Trinajstić information content (AvgIpc) is 3.53. The molecule has 0 unspecified atom stereocenters. The summed E-state index contributed by atoms with van der Waals surface area (Å²) in [6.45, 7) is 0.949. The monoisotopic (exact) mass is 541 g/mol. The number of carbonyl (C=O) groups excluding carboxylic acids is 1. The van der Waals surface area contributed by atoms with Crippen LogP contribution in [0.15, 0.2) is 60.4 Å². The van der Waals surface area contributed by atoms with Gasteiger partial charge in [0.2, 0.25) is 0 Å². The zero-order valence-electron chi connectivity index (χ0n) is 21.4. The van der Waals surface area contributed by atoms with E-state index >= 15 is 0 Å². The fourth-order valence-corrected chi connectivity index (χ4v) is 5.03. The zero-order chi connectivity index (χ0) is 27.8. The van der Waals surface area contributed by atoms with E-state index in [9.17, 15) is 18.8 Å². The summed E-state index contributed by atoms with van der Waals surface area (Å²) in [4.78, 5) is 23.5. The Morgan fingerprint density at radius 2 is 1.95 bits per heavy atom. The SMILES string of the molecule is N#C/C(=C\C1CC1)C(=O)N1CCC[C@H]1Cn1nc(-c2ccc(Oc3cc(F)ccc3F)cc2)c2c(N)ncnc21. The summed E-state index contributed by atoms with van der Waals surface area (Å²) < 4.78 is 34.8. The first kappa shape index (κ1) is 25.4. The summed E-state index contributed by atoms with van der Waals surface area (Å²) in [5.41, 5.74) is 8.21. The highest BCUT2D eigenvalue weighted by Crippen LogP contribution is 2.34. The summed E-state index contributed by atoms with van der Waals surface area (Å²) in [5.74, 6) is -0.854. The molecule has 0 spiro atoms. The third kappa shape index (κ3) is 4.96. The highest BCUT2D eigenvalue weighted by atomic mass is 19.1. The number of allylic oxidation sites excluding steroid dienone is 1. The van der Waals surface area contributed by atoms with Crippen molar-refractivity contribution < 1.29 is 18.3 Å². The molecule has 0 bridgehead atoms. The van der Waals surface area contributed by atoms with Crippen molar-refractivity contribution in [3.8, 4) is 28.8 Å². The molecular formula is C29H25F2N7O2. The lowest BCUT2D eigenvalue weighted by atomic mass is 10.1. The number of ether oxygens (including phenoxy) is 1. The molecule has 1 aliphatic heterocycles. The van der Waals surface area contributed by atoms with E-state index in [1.54, 1.807) is 39.9 Å². The van der Waals surface area contributed by atoms with Gasteiger partial charge < -0.3 is 15.4 Å². The Morgan fingerprint density at radius 1 is 1.15 bits per heavy atom. The average molecular weight is 542 g/mol. The second kappa shape index (κ2) is 10.4. The maximum atomic E-state index is 14.0. The van der Waals surface area contributed by atoms with Gasteiger partial charge in [-0.3, -0.25) is 4.79 Å². The van der Waals surface area contributed by atoms with E-state index in [2.05, 4.69) is 16.0 Å². The van der Waals surface area contributed by atoms with Crippen molar-refractivity contribution in [1.82, 2.24) is 24.6 Å². The molecule has 11 heteroatoms. The van der Waals surface area contributed by atoms with Crippen LogP contribution in [0.5, 0.6) is 11.5 Å². The third-order valence-electron chi connectivity index (χ3n) is 7.20. The molecule has 3 heterocycles. The number of likely N-dealkylation sites (tertiary alicyclic amines) is 1. The molecule has 202 valence electrons. The van der Waals surface area contributed by atoms with Crippen molar-refractivity contribution in [3.63, 3.8) is 0 Å². The Labute approximate surface area is 228 Å². The Morgan fingerprint density at radius 3 is 2.70 bits per heavy atom. The normalized spacial score (nSPS) is 17.3. The van der Waals surface area contributed by atoms with Gasteiger partial charge in [-0.15, -0.1) is 0 Å². The van der Waals surface area contributed by atoms with Gasteiger partial charge in [0.1, 0.15) is 41.0 Å². The van der Waals surface area contributed by atoms with Gasteiger partial charge in [-0.2, -0.15) is 10.4 Å². The minimum absolute atomic E-state index is 0.160. The zero-order valence-corrected chi connectivity index (χ0v) is 21.4. The van der Waals surface area contributed by atoms with E-state index < -0.39 is 11.6 Å². The maximum Gasteiger partial charge on any atom is 0.264 e. The number of hydrogen-bond acceptors (Lipinski definition) is 7. The lowest BCUT2D eigenvalue weighted by Gasteiger charge is -2.24. The fourth-order valence-electron chi connectivity index (χ4n) is 5.03. The second-order valence-electron chi connectivity index (χ2n) is 10.0. The summed E-state index contributed by atoms with van der Waals surface area (Å²) in [6, 6.07) is 11.6. The molecular weight excluding hydrogens is 516 g/mol. The topological polar surface area (TPSA) is 123 Å². The molecule has 1 saturated heterocycles. The van der Waals surface area contributed by atoms with Crippen LogP contribution in [0.4, 0.5) is 14.6 Å². The first-order chi connectivity index (χ1) is 19.4. The number of amides is 1.